The van der Waals surface area contributed by atoms with Crippen molar-refractivity contribution < 1.29 is 33.3 Å². The van der Waals surface area contributed by atoms with E-state index in [0.717, 1.165) is 6.07 Å². The van der Waals surface area contributed by atoms with Crippen LogP contribution in [0.1, 0.15) is 23.6 Å². The lowest BCUT2D eigenvalue weighted by Crippen LogP contribution is -2.31. The number of hydrogen-bond acceptors (Lipinski definition) is 5. The second kappa shape index (κ2) is 8.40. The third kappa shape index (κ3) is 3.84. The summed E-state index contributed by atoms with van der Waals surface area (Å²) in [5, 5.41) is 19.9. The Labute approximate surface area is 165 Å². The van der Waals surface area contributed by atoms with Gasteiger partial charge in [0, 0.05) is 18.7 Å². The van der Waals surface area contributed by atoms with E-state index in [1.165, 1.54) is 48.4 Å². The minimum Gasteiger partial charge on any atom is -0.507 e. The highest BCUT2D eigenvalue weighted by Crippen LogP contribution is 2.39. The van der Waals surface area contributed by atoms with Gasteiger partial charge in [0.05, 0.1) is 18.7 Å². The van der Waals surface area contributed by atoms with E-state index in [0.29, 0.717) is 5.56 Å². The first-order valence-corrected chi connectivity index (χ1v) is 8.87. The summed E-state index contributed by atoms with van der Waals surface area (Å²) in [6.07, 6.45) is 0.210. The molecule has 0 radical (unpaired) electrons. The molecule has 0 aromatic heterocycles. The third-order valence-electron chi connectivity index (χ3n) is 4.71. The molecule has 1 aliphatic rings. The molecule has 1 aliphatic heterocycles. The molecular weight excluding hydrogens is 384 g/mol. The van der Waals surface area contributed by atoms with E-state index in [4.69, 9.17) is 9.84 Å². The Hall–Kier alpha value is -3.26. The third-order valence-corrected chi connectivity index (χ3v) is 4.71. The zero-order valence-corrected chi connectivity index (χ0v) is 15.6. The highest BCUT2D eigenvalue weighted by atomic mass is 19.1. The van der Waals surface area contributed by atoms with Crippen LogP contribution in [0.3, 0.4) is 0 Å². The first-order chi connectivity index (χ1) is 13.9. The van der Waals surface area contributed by atoms with Gasteiger partial charge in [-0.25, -0.2) is 8.78 Å². The van der Waals surface area contributed by atoms with Gasteiger partial charge in [0.2, 0.25) is 0 Å². The lowest BCUT2D eigenvalue weighted by Gasteiger charge is -2.25. The summed E-state index contributed by atoms with van der Waals surface area (Å²) in [6, 6.07) is 7.81. The van der Waals surface area contributed by atoms with Crippen LogP contribution in [0.15, 0.2) is 48.0 Å². The van der Waals surface area contributed by atoms with Crippen molar-refractivity contribution in [3.05, 3.63) is 70.8 Å². The summed E-state index contributed by atoms with van der Waals surface area (Å²) >= 11 is 0. The number of carbonyl (C=O) groups is 2. The molecule has 1 unspecified atom stereocenters. The summed E-state index contributed by atoms with van der Waals surface area (Å²) in [7, 11) is 1.29. The number of methoxy groups -OCH3 is 1. The van der Waals surface area contributed by atoms with Crippen molar-refractivity contribution in [2.45, 2.75) is 12.5 Å². The average molecular weight is 403 g/mol. The molecule has 1 saturated heterocycles. The smallest absolute Gasteiger partial charge is 0.295 e. The standard InChI is InChI=1S/C21H19F2NO5/c1-29-16-8-5-13(11-15(16)23)19(26)17-18(12-3-6-14(22)7-4-12)24(9-2-10-25)21(28)20(17)27/h3-8,11,18,25-26H,2,9-10H2,1H3. The van der Waals surface area contributed by atoms with E-state index < -0.39 is 35.1 Å². The minimum atomic E-state index is -0.993. The zero-order chi connectivity index (χ0) is 21.1. The van der Waals surface area contributed by atoms with E-state index in [1.807, 2.05) is 0 Å². The molecule has 2 aromatic rings. The normalized spacial score (nSPS) is 18.3. The van der Waals surface area contributed by atoms with Crippen molar-refractivity contribution in [2.24, 2.45) is 0 Å². The molecule has 29 heavy (non-hydrogen) atoms. The van der Waals surface area contributed by atoms with Gasteiger partial charge in [-0.15, -0.1) is 0 Å². The number of aliphatic hydroxyl groups excluding tert-OH is 2. The number of halogens is 2. The molecule has 0 saturated carbocycles. The molecule has 152 valence electrons. The van der Waals surface area contributed by atoms with Gasteiger partial charge in [0.1, 0.15) is 11.6 Å². The van der Waals surface area contributed by atoms with Crippen LogP contribution >= 0.6 is 0 Å². The van der Waals surface area contributed by atoms with Crippen molar-refractivity contribution in [3.63, 3.8) is 0 Å². The van der Waals surface area contributed by atoms with Gasteiger partial charge < -0.3 is 19.8 Å². The summed E-state index contributed by atoms with van der Waals surface area (Å²) in [6.45, 7) is -0.153. The highest BCUT2D eigenvalue weighted by Gasteiger charge is 2.45. The van der Waals surface area contributed by atoms with Crippen molar-refractivity contribution in [3.8, 4) is 5.75 Å². The first kappa shape index (κ1) is 20.5. The quantitative estimate of drug-likeness (QED) is 0.440. The van der Waals surface area contributed by atoms with Crippen LogP contribution in [0.25, 0.3) is 5.76 Å². The molecule has 1 atom stereocenters. The fraction of sp³-hybridized carbons (Fsp3) is 0.238. The Bertz CT molecular complexity index is 972. The van der Waals surface area contributed by atoms with Crippen LogP contribution in [0.2, 0.25) is 0 Å². The van der Waals surface area contributed by atoms with E-state index in [-0.39, 0.29) is 36.5 Å². The molecule has 1 heterocycles. The predicted octanol–water partition coefficient (Wildman–Crippen LogP) is 2.78. The Morgan fingerprint density at radius 1 is 1.14 bits per heavy atom. The number of hydrogen-bond donors (Lipinski definition) is 2. The summed E-state index contributed by atoms with van der Waals surface area (Å²) in [5.74, 6) is -3.64. The molecule has 0 spiro atoms. The van der Waals surface area contributed by atoms with Crippen LogP contribution in [-0.4, -0.2) is 47.1 Å². The summed E-state index contributed by atoms with van der Waals surface area (Å²) < 4.78 is 32.3. The highest BCUT2D eigenvalue weighted by molar-refractivity contribution is 6.46. The number of likely N-dealkylation sites (tertiary alicyclic amines) is 1. The van der Waals surface area contributed by atoms with Gasteiger partial charge in [0.25, 0.3) is 11.7 Å². The fourth-order valence-corrected chi connectivity index (χ4v) is 3.31. The van der Waals surface area contributed by atoms with E-state index in [9.17, 15) is 23.5 Å². The lowest BCUT2D eigenvalue weighted by atomic mass is 9.95. The maximum absolute atomic E-state index is 14.1. The van der Waals surface area contributed by atoms with Gasteiger partial charge in [-0.2, -0.15) is 0 Å². The van der Waals surface area contributed by atoms with Gasteiger partial charge in [-0.3, -0.25) is 9.59 Å². The minimum absolute atomic E-state index is 0.00410. The van der Waals surface area contributed by atoms with E-state index in [1.54, 1.807) is 0 Å². The largest absolute Gasteiger partial charge is 0.507 e. The summed E-state index contributed by atoms with van der Waals surface area (Å²) in [4.78, 5) is 26.5. The molecule has 1 fully saturated rings. The van der Waals surface area contributed by atoms with Crippen LogP contribution < -0.4 is 4.74 Å². The molecule has 2 aromatic carbocycles. The van der Waals surface area contributed by atoms with Crippen LogP contribution in [-0.2, 0) is 9.59 Å². The van der Waals surface area contributed by atoms with Crippen molar-refractivity contribution in [2.75, 3.05) is 20.3 Å². The number of amides is 1. The number of ether oxygens (including phenoxy) is 1. The second-order valence-electron chi connectivity index (χ2n) is 6.47. The molecule has 1 amide bonds. The van der Waals surface area contributed by atoms with E-state index >= 15 is 0 Å². The molecule has 0 aliphatic carbocycles. The molecule has 3 rings (SSSR count). The van der Waals surface area contributed by atoms with Crippen molar-refractivity contribution >= 4 is 17.4 Å². The first-order valence-electron chi connectivity index (χ1n) is 8.87. The van der Waals surface area contributed by atoms with Gasteiger partial charge in [0.15, 0.2) is 11.6 Å². The number of rotatable bonds is 6. The molecule has 6 nitrogen and oxygen atoms in total. The maximum Gasteiger partial charge on any atom is 0.295 e. The number of nitrogens with zero attached hydrogens (tertiary/aromatic N) is 1. The number of Topliss-reactive ketones (excluding diaryl/α,β-unsaturated/α-hetero) is 1. The van der Waals surface area contributed by atoms with Crippen LogP contribution in [0.4, 0.5) is 8.78 Å². The predicted molar refractivity (Wildman–Crippen MR) is 100 cm³/mol. The molecule has 0 bridgehead atoms. The van der Waals surface area contributed by atoms with Gasteiger partial charge in [-0.05, 0) is 42.3 Å². The molecule has 2 N–H and O–H groups in total. The fourth-order valence-electron chi connectivity index (χ4n) is 3.31. The molecule has 8 heteroatoms. The lowest BCUT2D eigenvalue weighted by molar-refractivity contribution is -0.140. The second-order valence-corrected chi connectivity index (χ2v) is 6.47. The van der Waals surface area contributed by atoms with Gasteiger partial charge >= 0.3 is 0 Å². The van der Waals surface area contributed by atoms with Crippen molar-refractivity contribution in [1.82, 2.24) is 4.90 Å². The Morgan fingerprint density at radius 2 is 1.83 bits per heavy atom. The maximum atomic E-state index is 14.1. The average Bonchev–Trinajstić information content (AvgIpc) is 2.96. The Balaban J connectivity index is 2.15. The number of benzene rings is 2. The van der Waals surface area contributed by atoms with Crippen LogP contribution in [0, 0.1) is 11.6 Å². The number of carbonyl (C=O) groups excluding carboxylic acids is 2. The Morgan fingerprint density at radius 3 is 2.41 bits per heavy atom. The van der Waals surface area contributed by atoms with Gasteiger partial charge in [-0.1, -0.05) is 12.1 Å². The van der Waals surface area contributed by atoms with Crippen LogP contribution in [0.5, 0.6) is 5.75 Å². The summed E-state index contributed by atoms with van der Waals surface area (Å²) in [5.41, 5.74) is 0.166. The molecular formula is C21H19F2NO5. The monoisotopic (exact) mass is 403 g/mol. The van der Waals surface area contributed by atoms with E-state index in [2.05, 4.69) is 0 Å². The number of ketones is 1. The number of aliphatic hydroxyl groups is 2. The topological polar surface area (TPSA) is 87.1 Å². The van der Waals surface area contributed by atoms with Crippen molar-refractivity contribution in [1.29, 1.82) is 0 Å². The zero-order valence-electron chi connectivity index (χ0n) is 15.6. The Kier molecular flexibility index (Phi) is 5.93. The SMILES string of the molecule is COc1ccc(C(O)=C2C(=O)C(=O)N(CCCO)C2c2ccc(F)cc2)cc1F.